The number of amides is 1. The Bertz CT molecular complexity index is 793. The van der Waals surface area contributed by atoms with Gasteiger partial charge in [0.25, 0.3) is 0 Å². The van der Waals surface area contributed by atoms with Crippen molar-refractivity contribution in [3.05, 3.63) is 70.2 Å². The number of aliphatic hydroxyl groups is 1. The fourth-order valence-corrected chi connectivity index (χ4v) is 4.66. The van der Waals surface area contributed by atoms with Gasteiger partial charge in [-0.2, -0.15) is 0 Å². The van der Waals surface area contributed by atoms with Crippen molar-refractivity contribution in [2.75, 3.05) is 13.2 Å². The molecule has 1 amide bonds. The minimum atomic E-state index is -0.598. The van der Waals surface area contributed by atoms with E-state index in [1.165, 1.54) is 5.56 Å². The van der Waals surface area contributed by atoms with Crippen molar-refractivity contribution in [2.45, 2.75) is 36.8 Å². The lowest BCUT2D eigenvalue weighted by Crippen LogP contribution is -2.49. The molecule has 2 aromatic rings. The summed E-state index contributed by atoms with van der Waals surface area (Å²) in [7, 11) is 0. The van der Waals surface area contributed by atoms with Crippen LogP contribution in [0, 0.1) is 0 Å². The number of fused-ring (bicyclic) bond motifs is 1. The molecule has 138 valence electrons. The minimum Gasteiger partial charge on any atom is -0.394 e. The highest BCUT2D eigenvalue weighted by Crippen LogP contribution is 2.36. The number of thioether (sulfide) groups is 1. The lowest BCUT2D eigenvalue weighted by molar-refractivity contribution is -0.137. The summed E-state index contributed by atoms with van der Waals surface area (Å²) < 4.78 is -0.598. The van der Waals surface area contributed by atoms with Crippen molar-refractivity contribution < 1.29 is 9.90 Å². The van der Waals surface area contributed by atoms with Gasteiger partial charge in [-0.3, -0.25) is 4.79 Å². The van der Waals surface area contributed by atoms with Gasteiger partial charge in [-0.15, -0.1) is 11.8 Å². The van der Waals surface area contributed by atoms with E-state index in [1.807, 2.05) is 61.2 Å². The number of rotatable bonds is 5. The van der Waals surface area contributed by atoms with E-state index in [2.05, 4.69) is 6.07 Å². The van der Waals surface area contributed by atoms with Crippen LogP contribution in [0.5, 0.6) is 0 Å². The molecule has 1 aliphatic heterocycles. The van der Waals surface area contributed by atoms with Crippen LogP contribution in [0.3, 0.4) is 0 Å². The van der Waals surface area contributed by atoms with Gasteiger partial charge in [0.2, 0.25) is 5.91 Å². The van der Waals surface area contributed by atoms with Gasteiger partial charge < -0.3 is 10.0 Å². The summed E-state index contributed by atoms with van der Waals surface area (Å²) in [5.74, 6) is 0.732. The van der Waals surface area contributed by atoms with Crippen LogP contribution in [0.2, 0.25) is 5.02 Å². The zero-order valence-corrected chi connectivity index (χ0v) is 16.7. The van der Waals surface area contributed by atoms with E-state index in [-0.39, 0.29) is 18.6 Å². The number of aliphatic hydroxyl groups excluding tert-OH is 1. The van der Waals surface area contributed by atoms with Crippen LogP contribution in [0.15, 0.2) is 48.5 Å². The fourth-order valence-electron chi connectivity index (χ4n) is 3.37. The van der Waals surface area contributed by atoms with E-state index in [4.69, 9.17) is 11.6 Å². The molecule has 0 spiro atoms. The molecule has 26 heavy (non-hydrogen) atoms. The molecule has 0 unspecified atom stereocenters. The third kappa shape index (κ3) is 3.93. The van der Waals surface area contributed by atoms with E-state index in [0.717, 1.165) is 22.6 Å². The molecule has 0 aliphatic carbocycles. The zero-order valence-electron chi connectivity index (χ0n) is 15.1. The van der Waals surface area contributed by atoms with E-state index in [9.17, 15) is 9.90 Å². The molecular formula is C21H24ClNO2S. The largest absolute Gasteiger partial charge is 0.394 e. The summed E-state index contributed by atoms with van der Waals surface area (Å²) in [5.41, 5.74) is 3.31. The van der Waals surface area contributed by atoms with Gasteiger partial charge in [0.05, 0.1) is 17.4 Å². The van der Waals surface area contributed by atoms with Crippen molar-refractivity contribution in [2.24, 2.45) is 0 Å². The Labute approximate surface area is 164 Å². The first kappa shape index (κ1) is 19.3. The number of halogens is 1. The number of carbonyl (C=O) groups excluding carboxylic acids is 1. The fraction of sp³-hybridized carbons (Fsp3) is 0.381. The molecule has 0 radical (unpaired) electrons. The van der Waals surface area contributed by atoms with Gasteiger partial charge in [0, 0.05) is 17.3 Å². The monoisotopic (exact) mass is 389 g/mol. The van der Waals surface area contributed by atoms with Crippen molar-refractivity contribution in [1.29, 1.82) is 0 Å². The Balaban J connectivity index is 1.76. The summed E-state index contributed by atoms with van der Waals surface area (Å²) in [6.45, 7) is 4.47. The second kappa shape index (κ2) is 8.03. The smallest absolute Gasteiger partial charge is 0.238 e. The Kier molecular flexibility index (Phi) is 5.96. The van der Waals surface area contributed by atoms with Crippen LogP contribution in [0.1, 0.15) is 36.6 Å². The minimum absolute atomic E-state index is 0.0584. The topological polar surface area (TPSA) is 40.5 Å². The predicted octanol–water partition coefficient (Wildman–Crippen LogP) is 4.47. The van der Waals surface area contributed by atoms with Crippen LogP contribution >= 0.6 is 23.4 Å². The lowest BCUT2D eigenvalue weighted by Gasteiger charge is -2.40. The van der Waals surface area contributed by atoms with Crippen LogP contribution in [0.4, 0.5) is 0 Å². The summed E-state index contributed by atoms with van der Waals surface area (Å²) in [4.78, 5) is 15.1. The summed E-state index contributed by atoms with van der Waals surface area (Å²) >= 11 is 7.83. The molecule has 0 saturated carbocycles. The molecule has 0 aromatic heterocycles. The Morgan fingerprint density at radius 1 is 1.23 bits per heavy atom. The molecule has 0 bridgehead atoms. The zero-order chi connectivity index (χ0) is 18.7. The first-order valence-corrected chi connectivity index (χ1v) is 10.2. The van der Waals surface area contributed by atoms with Gasteiger partial charge in [-0.05, 0) is 43.0 Å². The maximum absolute atomic E-state index is 13.3. The normalized spacial score (nSPS) is 17.1. The standard InChI is InChI=1S/C21H24ClNO2S/c1-21(2,26-14-16-8-4-6-10-18(16)22)20(25)23-12-11-15-7-3-5-9-17(15)19(23)13-24/h3-10,19,24H,11-14H2,1-2H3/t19-/m1/s1. The number of hydrogen-bond donors (Lipinski definition) is 1. The van der Waals surface area contributed by atoms with Crippen molar-refractivity contribution in [3.63, 3.8) is 0 Å². The first-order valence-electron chi connectivity index (χ1n) is 8.81. The maximum atomic E-state index is 13.3. The van der Waals surface area contributed by atoms with Gasteiger partial charge in [0.15, 0.2) is 0 Å². The second-order valence-electron chi connectivity index (χ2n) is 7.04. The third-order valence-corrected chi connectivity index (χ3v) is 6.63. The molecule has 0 saturated heterocycles. The number of hydrogen-bond acceptors (Lipinski definition) is 3. The third-order valence-electron chi connectivity index (χ3n) is 4.91. The van der Waals surface area contributed by atoms with Gasteiger partial charge in [0.1, 0.15) is 0 Å². The molecular weight excluding hydrogens is 366 g/mol. The Morgan fingerprint density at radius 2 is 1.92 bits per heavy atom. The molecule has 3 rings (SSSR count). The molecule has 0 fully saturated rings. The molecule has 3 nitrogen and oxygen atoms in total. The molecule has 1 N–H and O–H groups in total. The summed E-state index contributed by atoms with van der Waals surface area (Å²) in [6.07, 6.45) is 0.823. The average molecular weight is 390 g/mol. The number of benzene rings is 2. The van der Waals surface area contributed by atoms with Crippen molar-refractivity contribution >= 4 is 29.3 Å². The predicted molar refractivity (Wildman–Crippen MR) is 109 cm³/mol. The van der Waals surface area contributed by atoms with Crippen LogP contribution < -0.4 is 0 Å². The van der Waals surface area contributed by atoms with Gasteiger partial charge in [-0.1, -0.05) is 54.1 Å². The van der Waals surface area contributed by atoms with E-state index in [1.54, 1.807) is 11.8 Å². The number of nitrogens with zero attached hydrogens (tertiary/aromatic N) is 1. The van der Waals surface area contributed by atoms with Crippen molar-refractivity contribution in [3.8, 4) is 0 Å². The van der Waals surface area contributed by atoms with E-state index >= 15 is 0 Å². The molecule has 2 aromatic carbocycles. The maximum Gasteiger partial charge on any atom is 0.238 e. The van der Waals surface area contributed by atoms with E-state index in [0.29, 0.717) is 12.3 Å². The molecule has 1 aliphatic rings. The Hall–Kier alpha value is -1.49. The summed E-state index contributed by atoms with van der Waals surface area (Å²) in [6, 6.07) is 15.5. The molecule has 1 atom stereocenters. The molecule has 5 heteroatoms. The van der Waals surface area contributed by atoms with Gasteiger partial charge in [-0.25, -0.2) is 0 Å². The summed E-state index contributed by atoms with van der Waals surface area (Å²) in [5, 5.41) is 10.7. The number of carbonyl (C=O) groups is 1. The highest BCUT2D eigenvalue weighted by atomic mass is 35.5. The molecule has 1 heterocycles. The van der Waals surface area contributed by atoms with Gasteiger partial charge >= 0.3 is 0 Å². The second-order valence-corrected chi connectivity index (χ2v) is 9.04. The van der Waals surface area contributed by atoms with Crippen LogP contribution in [-0.4, -0.2) is 33.8 Å². The highest BCUT2D eigenvalue weighted by molar-refractivity contribution is 8.00. The quantitative estimate of drug-likeness (QED) is 0.820. The lowest BCUT2D eigenvalue weighted by atomic mass is 9.92. The van der Waals surface area contributed by atoms with E-state index < -0.39 is 4.75 Å². The van der Waals surface area contributed by atoms with Crippen molar-refractivity contribution in [1.82, 2.24) is 4.90 Å². The average Bonchev–Trinajstić information content (AvgIpc) is 2.65. The first-order chi connectivity index (χ1) is 12.4. The SMILES string of the molecule is CC(C)(SCc1ccccc1Cl)C(=O)N1CCc2ccccc2[C@H]1CO. The highest BCUT2D eigenvalue weighted by Gasteiger charge is 2.38. The Morgan fingerprint density at radius 3 is 2.65 bits per heavy atom. The van der Waals surface area contributed by atoms with Crippen LogP contribution in [-0.2, 0) is 17.0 Å². The van der Waals surface area contributed by atoms with Crippen LogP contribution in [0.25, 0.3) is 0 Å².